The van der Waals surface area contributed by atoms with Crippen molar-refractivity contribution in [2.24, 2.45) is 0 Å². The Morgan fingerprint density at radius 2 is 1.90 bits per heavy atom. The van der Waals surface area contributed by atoms with Gasteiger partial charge in [-0.3, -0.25) is 9.78 Å². The third-order valence-corrected chi connectivity index (χ3v) is 4.39. The molecule has 31 heavy (non-hydrogen) atoms. The number of carbonyl (C=O) groups excluding carboxylic acids is 1. The Kier molecular flexibility index (Phi) is 7.37. The number of hydrogen-bond donors (Lipinski definition) is 2. The molecule has 2 aromatic carbocycles. The number of anilines is 1. The number of amides is 1. The lowest BCUT2D eigenvalue weighted by Gasteiger charge is -2.11. The molecular weight excluding hydrogens is 396 g/mol. The molecule has 0 bridgehead atoms. The largest absolute Gasteiger partial charge is 0.497 e. The minimum absolute atomic E-state index is 0.0206. The fraction of sp³-hybridized carbons (Fsp3) is 0.125. The number of pyridine rings is 1. The highest BCUT2D eigenvalue weighted by Gasteiger charge is 2.11. The summed E-state index contributed by atoms with van der Waals surface area (Å²) in [5.74, 6) is -0.377. The molecule has 0 aliphatic carbocycles. The van der Waals surface area contributed by atoms with Crippen LogP contribution in [0.4, 0.5) is 5.69 Å². The van der Waals surface area contributed by atoms with Gasteiger partial charge in [0.15, 0.2) is 0 Å². The summed E-state index contributed by atoms with van der Waals surface area (Å²) >= 11 is 0. The number of carbonyl (C=O) groups is 2. The number of nitrogens with zero attached hydrogens (tertiary/aromatic N) is 1. The molecule has 1 aromatic heterocycles. The first-order chi connectivity index (χ1) is 15.1. The summed E-state index contributed by atoms with van der Waals surface area (Å²) in [5.41, 5.74) is 1.85. The van der Waals surface area contributed by atoms with E-state index in [0.29, 0.717) is 30.1 Å². The average Bonchev–Trinajstić information content (AvgIpc) is 2.79. The van der Waals surface area contributed by atoms with Gasteiger partial charge < -0.3 is 19.9 Å². The van der Waals surface area contributed by atoms with Crippen LogP contribution < -0.4 is 14.8 Å². The maximum absolute atomic E-state index is 12.3. The van der Waals surface area contributed by atoms with Crippen LogP contribution in [0.2, 0.25) is 0 Å². The molecule has 0 aliphatic heterocycles. The molecule has 0 saturated carbocycles. The van der Waals surface area contributed by atoms with Crippen LogP contribution in [0.25, 0.3) is 6.08 Å². The Balaban J connectivity index is 1.70. The number of nitrogens with one attached hydrogen (secondary N) is 1. The van der Waals surface area contributed by atoms with E-state index in [1.165, 1.54) is 18.2 Å². The second kappa shape index (κ2) is 10.6. The number of para-hydroxylation sites is 1. The Morgan fingerprint density at radius 1 is 1.10 bits per heavy atom. The monoisotopic (exact) mass is 418 g/mol. The number of ether oxygens (including phenoxy) is 2. The van der Waals surface area contributed by atoms with Gasteiger partial charge in [0.25, 0.3) is 0 Å². The van der Waals surface area contributed by atoms with Crippen molar-refractivity contribution in [2.45, 2.75) is 6.42 Å². The second-order valence-electron chi connectivity index (χ2n) is 6.50. The molecule has 0 spiro atoms. The van der Waals surface area contributed by atoms with E-state index in [4.69, 9.17) is 9.47 Å². The number of methoxy groups -OCH3 is 1. The lowest BCUT2D eigenvalue weighted by atomic mass is 10.1. The summed E-state index contributed by atoms with van der Waals surface area (Å²) in [6, 6.07) is 17.2. The molecule has 0 fully saturated rings. The molecule has 3 aromatic rings. The number of benzene rings is 2. The molecule has 3 rings (SSSR count). The van der Waals surface area contributed by atoms with E-state index in [2.05, 4.69) is 10.3 Å². The maximum Gasteiger partial charge on any atom is 0.337 e. The third-order valence-electron chi connectivity index (χ3n) is 4.39. The van der Waals surface area contributed by atoms with E-state index >= 15 is 0 Å². The zero-order chi connectivity index (χ0) is 22.1. The van der Waals surface area contributed by atoms with Crippen LogP contribution in [0.15, 0.2) is 72.9 Å². The SMILES string of the molecule is COc1ccc(/C=C/C(=O)Nc2ccccc2C(=O)O)c(OCCc2ccccn2)c1. The zero-order valence-corrected chi connectivity index (χ0v) is 16.9. The first-order valence-corrected chi connectivity index (χ1v) is 9.59. The summed E-state index contributed by atoms with van der Waals surface area (Å²) in [5, 5.41) is 11.8. The fourth-order valence-electron chi connectivity index (χ4n) is 2.83. The predicted molar refractivity (Wildman–Crippen MR) is 117 cm³/mol. The van der Waals surface area contributed by atoms with Crippen molar-refractivity contribution in [3.05, 3.63) is 89.8 Å². The van der Waals surface area contributed by atoms with Crippen molar-refractivity contribution in [3.8, 4) is 11.5 Å². The van der Waals surface area contributed by atoms with Crippen molar-refractivity contribution < 1.29 is 24.2 Å². The van der Waals surface area contributed by atoms with Crippen LogP contribution in [0, 0.1) is 0 Å². The lowest BCUT2D eigenvalue weighted by Crippen LogP contribution is -2.11. The van der Waals surface area contributed by atoms with Gasteiger partial charge in [-0.2, -0.15) is 0 Å². The van der Waals surface area contributed by atoms with Crippen molar-refractivity contribution in [1.29, 1.82) is 0 Å². The second-order valence-corrected chi connectivity index (χ2v) is 6.50. The lowest BCUT2D eigenvalue weighted by molar-refractivity contribution is -0.111. The summed E-state index contributed by atoms with van der Waals surface area (Å²) in [6.45, 7) is 0.406. The molecule has 0 unspecified atom stereocenters. The first-order valence-electron chi connectivity index (χ1n) is 9.59. The molecule has 2 N–H and O–H groups in total. The number of hydrogen-bond acceptors (Lipinski definition) is 5. The summed E-state index contributed by atoms with van der Waals surface area (Å²) in [4.78, 5) is 27.9. The standard InChI is InChI=1S/C24H22N2O5/c1-30-19-11-9-17(22(16-19)31-15-13-18-6-4-5-14-25-18)10-12-23(27)26-21-8-3-2-7-20(21)24(28)29/h2-12,14,16H,13,15H2,1H3,(H,26,27)(H,28,29)/b12-10+. The van der Waals surface area contributed by atoms with E-state index in [0.717, 1.165) is 5.69 Å². The summed E-state index contributed by atoms with van der Waals surface area (Å²) in [7, 11) is 1.57. The smallest absolute Gasteiger partial charge is 0.337 e. The van der Waals surface area contributed by atoms with Gasteiger partial charge in [-0.25, -0.2) is 4.79 Å². The normalized spacial score (nSPS) is 10.6. The van der Waals surface area contributed by atoms with Gasteiger partial charge in [0.1, 0.15) is 11.5 Å². The van der Waals surface area contributed by atoms with Crippen molar-refractivity contribution in [2.75, 3.05) is 19.0 Å². The van der Waals surface area contributed by atoms with E-state index in [1.807, 2.05) is 18.2 Å². The van der Waals surface area contributed by atoms with Crippen molar-refractivity contribution in [1.82, 2.24) is 4.98 Å². The number of rotatable bonds is 9. The number of carboxylic acid groups (broad SMARTS) is 1. The van der Waals surface area contributed by atoms with E-state index < -0.39 is 11.9 Å². The van der Waals surface area contributed by atoms with Crippen LogP contribution >= 0.6 is 0 Å². The number of carboxylic acids is 1. The molecule has 1 heterocycles. The van der Waals surface area contributed by atoms with E-state index in [-0.39, 0.29) is 11.3 Å². The highest BCUT2D eigenvalue weighted by Crippen LogP contribution is 2.26. The van der Waals surface area contributed by atoms with Gasteiger partial charge in [-0.15, -0.1) is 0 Å². The number of aromatic nitrogens is 1. The van der Waals surface area contributed by atoms with Gasteiger partial charge >= 0.3 is 5.97 Å². The minimum Gasteiger partial charge on any atom is -0.497 e. The Hall–Kier alpha value is -4.13. The molecule has 7 nitrogen and oxygen atoms in total. The highest BCUT2D eigenvalue weighted by molar-refractivity contribution is 6.06. The van der Waals surface area contributed by atoms with Crippen LogP contribution in [0.5, 0.6) is 11.5 Å². The van der Waals surface area contributed by atoms with E-state index in [9.17, 15) is 14.7 Å². The molecule has 7 heteroatoms. The summed E-state index contributed by atoms with van der Waals surface area (Å²) < 4.78 is 11.2. The molecule has 1 amide bonds. The molecule has 0 saturated heterocycles. The van der Waals surface area contributed by atoms with Gasteiger partial charge in [-0.05, 0) is 42.5 Å². The minimum atomic E-state index is -1.11. The molecule has 0 atom stereocenters. The highest BCUT2D eigenvalue weighted by atomic mass is 16.5. The van der Waals surface area contributed by atoms with Crippen molar-refractivity contribution >= 4 is 23.6 Å². The molecule has 0 aliphatic rings. The summed E-state index contributed by atoms with van der Waals surface area (Å²) in [6.07, 6.45) is 5.30. The van der Waals surface area contributed by atoms with Crippen molar-refractivity contribution in [3.63, 3.8) is 0 Å². The topological polar surface area (TPSA) is 97.8 Å². The van der Waals surface area contributed by atoms with Crippen LogP contribution in [0.1, 0.15) is 21.6 Å². The van der Waals surface area contributed by atoms with Gasteiger partial charge in [-0.1, -0.05) is 18.2 Å². The fourth-order valence-corrected chi connectivity index (χ4v) is 2.83. The Labute approximate surface area is 180 Å². The van der Waals surface area contributed by atoms with Crippen LogP contribution in [0.3, 0.4) is 0 Å². The van der Waals surface area contributed by atoms with Crippen LogP contribution in [-0.2, 0) is 11.2 Å². The van der Waals surface area contributed by atoms with Crippen LogP contribution in [-0.4, -0.2) is 35.7 Å². The first kappa shape index (κ1) is 21.6. The Bertz CT molecular complexity index is 1080. The average molecular weight is 418 g/mol. The third kappa shape index (κ3) is 6.17. The zero-order valence-electron chi connectivity index (χ0n) is 16.9. The van der Waals surface area contributed by atoms with Gasteiger partial charge in [0, 0.05) is 36.0 Å². The Morgan fingerprint density at radius 3 is 2.65 bits per heavy atom. The van der Waals surface area contributed by atoms with Gasteiger partial charge in [0.2, 0.25) is 5.91 Å². The maximum atomic E-state index is 12.3. The molecular formula is C24H22N2O5. The van der Waals surface area contributed by atoms with Gasteiger partial charge in [0.05, 0.1) is 25.0 Å². The molecule has 158 valence electrons. The predicted octanol–water partition coefficient (Wildman–Crippen LogP) is 4.06. The molecule has 0 radical (unpaired) electrons. The van der Waals surface area contributed by atoms with E-state index in [1.54, 1.807) is 49.7 Å². The quantitative estimate of drug-likeness (QED) is 0.509. The number of aromatic carboxylic acids is 1.